The minimum atomic E-state index is -0.0727. The highest BCUT2D eigenvalue weighted by Gasteiger charge is 2.62. The average molecular weight is 417 g/mol. The topological polar surface area (TPSA) is 59.6 Å². The van der Waals surface area contributed by atoms with Crippen molar-refractivity contribution in [2.24, 2.45) is 40.4 Å². The highest BCUT2D eigenvalue weighted by atomic mass is 16.7. The summed E-state index contributed by atoms with van der Waals surface area (Å²) in [6.07, 6.45) is 11.5. The Bertz CT molecular complexity index is 703. The minimum Gasteiger partial charge on any atom is -0.384 e. The molecule has 1 saturated heterocycles. The first-order valence-electron chi connectivity index (χ1n) is 12.3. The summed E-state index contributed by atoms with van der Waals surface area (Å²) in [7, 11) is 1.85. The second kappa shape index (κ2) is 7.90. The summed E-state index contributed by atoms with van der Waals surface area (Å²) in [6.45, 7) is 7.65. The Kier molecular flexibility index (Phi) is 5.52. The molecule has 8 atom stereocenters. The van der Waals surface area contributed by atoms with Crippen LogP contribution in [0.25, 0.3) is 0 Å². The summed E-state index contributed by atoms with van der Waals surface area (Å²) in [4.78, 5) is 18.8. The van der Waals surface area contributed by atoms with Crippen molar-refractivity contribution in [2.75, 3.05) is 26.8 Å². The van der Waals surface area contributed by atoms with Gasteiger partial charge in [-0.1, -0.05) is 19.9 Å². The largest absolute Gasteiger partial charge is 0.384 e. The summed E-state index contributed by atoms with van der Waals surface area (Å²) in [5.41, 5.74) is 4.86. The van der Waals surface area contributed by atoms with Crippen LogP contribution < -0.4 is 10.8 Å². The van der Waals surface area contributed by atoms with Crippen LogP contribution >= 0.6 is 0 Å². The van der Waals surface area contributed by atoms with E-state index in [2.05, 4.69) is 30.7 Å². The number of methoxy groups -OCH3 is 1. The first-order chi connectivity index (χ1) is 14.5. The van der Waals surface area contributed by atoms with Crippen molar-refractivity contribution in [3.05, 3.63) is 11.8 Å². The van der Waals surface area contributed by atoms with Gasteiger partial charge in [0.05, 0.1) is 6.10 Å². The van der Waals surface area contributed by atoms with Crippen molar-refractivity contribution in [3.8, 4) is 0 Å². The van der Waals surface area contributed by atoms with E-state index in [4.69, 9.17) is 9.57 Å². The highest BCUT2D eigenvalue weighted by molar-refractivity contribution is 5.87. The molecular formula is C25H40N2O3. The number of allylic oxidation sites excluding steroid dienone is 2. The molecule has 2 N–H and O–H groups in total. The monoisotopic (exact) mass is 416 g/mol. The Balaban J connectivity index is 1.38. The number of fused-ring (bicyclic) bond motifs is 5. The molecule has 0 aromatic carbocycles. The van der Waals surface area contributed by atoms with Crippen molar-refractivity contribution in [2.45, 2.75) is 71.3 Å². The molecule has 0 radical (unpaired) electrons. The van der Waals surface area contributed by atoms with Crippen molar-refractivity contribution in [1.29, 1.82) is 0 Å². The molecular weight excluding hydrogens is 376 g/mol. The van der Waals surface area contributed by atoms with Crippen LogP contribution in [0.1, 0.15) is 65.2 Å². The molecule has 168 valence electrons. The molecule has 5 heteroatoms. The Morgan fingerprint density at radius 2 is 2.03 bits per heavy atom. The third kappa shape index (κ3) is 3.27. The zero-order valence-electron chi connectivity index (χ0n) is 19.0. The van der Waals surface area contributed by atoms with E-state index in [9.17, 15) is 4.79 Å². The van der Waals surface area contributed by atoms with E-state index >= 15 is 0 Å². The van der Waals surface area contributed by atoms with E-state index in [1.165, 1.54) is 25.0 Å². The molecule has 5 nitrogen and oxygen atoms in total. The van der Waals surface area contributed by atoms with Crippen LogP contribution in [0.15, 0.2) is 11.8 Å². The van der Waals surface area contributed by atoms with E-state index in [0.717, 1.165) is 51.8 Å². The fourth-order valence-electron chi connectivity index (χ4n) is 8.15. The molecule has 3 saturated carbocycles. The van der Waals surface area contributed by atoms with E-state index in [0.29, 0.717) is 40.8 Å². The third-order valence-corrected chi connectivity index (χ3v) is 9.92. The van der Waals surface area contributed by atoms with Gasteiger partial charge in [0.15, 0.2) is 0 Å². The zero-order valence-corrected chi connectivity index (χ0v) is 19.0. The van der Waals surface area contributed by atoms with E-state index in [1.807, 2.05) is 7.11 Å². The first-order valence-corrected chi connectivity index (χ1v) is 12.3. The predicted molar refractivity (Wildman–Crippen MR) is 116 cm³/mol. The lowest BCUT2D eigenvalue weighted by Crippen LogP contribution is -2.56. The number of ether oxygens (including phenoxy) is 1. The molecule has 0 spiro atoms. The van der Waals surface area contributed by atoms with Gasteiger partial charge in [-0.15, -0.1) is 0 Å². The van der Waals surface area contributed by atoms with Gasteiger partial charge in [-0.2, -0.15) is 0 Å². The van der Waals surface area contributed by atoms with Crippen LogP contribution in [0.3, 0.4) is 0 Å². The van der Waals surface area contributed by atoms with Crippen molar-refractivity contribution >= 4 is 5.78 Å². The van der Waals surface area contributed by atoms with Gasteiger partial charge in [-0.25, -0.2) is 0 Å². The Hall–Kier alpha value is -0.910. The van der Waals surface area contributed by atoms with Gasteiger partial charge in [-0.05, 0) is 86.5 Å². The second-order valence-corrected chi connectivity index (χ2v) is 11.3. The number of rotatable bonds is 5. The highest BCUT2D eigenvalue weighted by Crippen LogP contribution is 2.66. The minimum absolute atomic E-state index is 0.0727. The lowest BCUT2D eigenvalue weighted by Gasteiger charge is -2.61. The molecule has 4 aliphatic carbocycles. The lowest BCUT2D eigenvalue weighted by atomic mass is 9.43. The van der Waals surface area contributed by atoms with Crippen LogP contribution in [-0.4, -0.2) is 38.7 Å². The number of hydrogen-bond donors (Lipinski definition) is 2. The zero-order chi connectivity index (χ0) is 20.9. The Morgan fingerprint density at radius 3 is 2.80 bits per heavy atom. The molecule has 5 aliphatic rings. The van der Waals surface area contributed by atoms with Crippen molar-refractivity contribution in [3.63, 3.8) is 0 Å². The quantitative estimate of drug-likeness (QED) is 0.667. The molecule has 30 heavy (non-hydrogen) atoms. The first kappa shape index (κ1) is 21.0. The normalized spacial score (nSPS) is 48.0. The maximum Gasteiger partial charge on any atom is 0.139 e. The second-order valence-electron chi connectivity index (χ2n) is 11.3. The summed E-state index contributed by atoms with van der Waals surface area (Å²) in [5, 5.41) is 3.36. The third-order valence-electron chi connectivity index (χ3n) is 9.92. The van der Waals surface area contributed by atoms with Gasteiger partial charge in [-0.3, -0.25) is 15.1 Å². The number of nitrogens with one attached hydrogen (secondary N) is 2. The molecule has 0 bridgehead atoms. The number of hydroxylamine groups is 1. The van der Waals surface area contributed by atoms with Gasteiger partial charge >= 0.3 is 0 Å². The van der Waals surface area contributed by atoms with Gasteiger partial charge in [0.2, 0.25) is 0 Å². The Morgan fingerprint density at radius 1 is 1.17 bits per heavy atom. The number of carbonyl (C=O) groups is 1. The number of carbonyl (C=O) groups excluding carboxylic acids is 1. The molecule has 0 amide bonds. The van der Waals surface area contributed by atoms with E-state index < -0.39 is 0 Å². The smallest absolute Gasteiger partial charge is 0.139 e. The summed E-state index contributed by atoms with van der Waals surface area (Å²) >= 11 is 0. The van der Waals surface area contributed by atoms with Crippen LogP contribution in [0, 0.1) is 40.4 Å². The maximum absolute atomic E-state index is 12.8. The van der Waals surface area contributed by atoms with E-state index in [-0.39, 0.29) is 11.5 Å². The molecule has 3 unspecified atom stereocenters. The summed E-state index contributed by atoms with van der Waals surface area (Å²) in [6, 6.07) is 0. The number of ketones is 1. The molecule has 5 rings (SSSR count). The van der Waals surface area contributed by atoms with Gasteiger partial charge in [0.1, 0.15) is 5.78 Å². The van der Waals surface area contributed by atoms with Gasteiger partial charge in [0, 0.05) is 37.8 Å². The van der Waals surface area contributed by atoms with Crippen LogP contribution in [0.5, 0.6) is 0 Å². The maximum atomic E-state index is 12.8. The van der Waals surface area contributed by atoms with Gasteiger partial charge in [0.25, 0.3) is 0 Å². The van der Waals surface area contributed by atoms with Crippen LogP contribution in [0.4, 0.5) is 0 Å². The lowest BCUT2D eigenvalue weighted by molar-refractivity contribution is -0.146. The standard InChI is InChI=1S/C25H40N2O3/c1-24-9-6-18(27-30-19-8-11-26-14-19)13-17(24)12-16(15-29-3)23-20-4-5-22(28)25(20,2)10-7-21(23)24/h13,16-17,19-21,23,26-27H,4-12,14-15H2,1-3H3/t16?,17?,19?,20-,21+,23-,24-,25-/m0/s1. The number of Topliss-reactive ketones (excluding diaryl/α,β-unsaturated/α-hetero) is 1. The number of hydrogen-bond acceptors (Lipinski definition) is 5. The fraction of sp³-hybridized carbons (Fsp3) is 0.880. The summed E-state index contributed by atoms with van der Waals surface area (Å²) < 4.78 is 5.74. The van der Waals surface area contributed by atoms with Crippen molar-refractivity contribution < 1.29 is 14.4 Å². The Labute approximate surface area is 181 Å². The van der Waals surface area contributed by atoms with Crippen LogP contribution in [0.2, 0.25) is 0 Å². The SMILES string of the molecule is COCC1CC2C=C(NOC3CCNC3)CC[C@]2(C)[C@@H]2CC[C@]3(C)C(=O)CC[C@H]3[C@H]12. The molecule has 0 aromatic rings. The molecule has 1 aliphatic heterocycles. The van der Waals surface area contributed by atoms with Crippen LogP contribution in [-0.2, 0) is 14.4 Å². The van der Waals surface area contributed by atoms with Gasteiger partial charge < -0.3 is 10.1 Å². The van der Waals surface area contributed by atoms with Crippen molar-refractivity contribution in [1.82, 2.24) is 10.8 Å². The molecule has 0 aromatic heterocycles. The molecule has 4 fully saturated rings. The summed E-state index contributed by atoms with van der Waals surface area (Å²) in [5.74, 6) is 3.57. The molecule has 1 heterocycles. The average Bonchev–Trinajstić information content (AvgIpc) is 3.35. The predicted octanol–water partition coefficient (Wildman–Crippen LogP) is 3.85. The van der Waals surface area contributed by atoms with E-state index in [1.54, 1.807) is 0 Å². The fourth-order valence-corrected chi connectivity index (χ4v) is 8.15.